The van der Waals surface area contributed by atoms with Crippen LogP contribution < -0.4 is 10.1 Å². The number of likely N-dealkylation sites (N-methyl/N-ethyl adjacent to an activating group) is 1. The molecule has 18 heavy (non-hydrogen) atoms. The predicted molar refractivity (Wildman–Crippen MR) is 73.3 cm³/mol. The maximum atomic E-state index is 6.30. The first-order chi connectivity index (χ1) is 8.72. The molecule has 2 heterocycles. The Morgan fingerprint density at radius 2 is 2.22 bits per heavy atom. The maximum absolute atomic E-state index is 6.30. The van der Waals surface area contributed by atoms with Gasteiger partial charge in [0.1, 0.15) is 11.9 Å². The lowest BCUT2D eigenvalue weighted by Gasteiger charge is -2.36. The number of hydrogen-bond acceptors (Lipinski definition) is 3. The van der Waals surface area contributed by atoms with Crippen molar-refractivity contribution in [1.29, 1.82) is 0 Å². The van der Waals surface area contributed by atoms with Crippen molar-refractivity contribution in [1.82, 2.24) is 10.2 Å². The first-order valence-electron chi connectivity index (χ1n) is 6.60. The van der Waals surface area contributed by atoms with Gasteiger partial charge in [0, 0.05) is 19.1 Å². The fourth-order valence-electron chi connectivity index (χ4n) is 2.69. The summed E-state index contributed by atoms with van der Waals surface area (Å²) >= 11 is 6.30. The Kier molecular flexibility index (Phi) is 3.46. The summed E-state index contributed by atoms with van der Waals surface area (Å²) in [4.78, 5) is 2.23. The molecule has 0 saturated carbocycles. The first-order valence-corrected chi connectivity index (χ1v) is 6.98. The van der Waals surface area contributed by atoms with E-state index < -0.39 is 0 Å². The van der Waals surface area contributed by atoms with Crippen LogP contribution in [0.4, 0.5) is 0 Å². The number of benzene rings is 1. The molecule has 1 N–H and O–H groups in total. The van der Waals surface area contributed by atoms with Crippen LogP contribution in [0.25, 0.3) is 0 Å². The molecule has 1 aromatic rings. The second kappa shape index (κ2) is 5.08. The molecule has 0 amide bonds. The Morgan fingerprint density at radius 3 is 2.83 bits per heavy atom. The molecule has 0 spiro atoms. The van der Waals surface area contributed by atoms with Gasteiger partial charge < -0.3 is 10.1 Å². The molecule has 0 aliphatic carbocycles. The fourth-order valence-corrected chi connectivity index (χ4v) is 2.93. The third kappa shape index (κ3) is 2.48. The van der Waals surface area contributed by atoms with Crippen molar-refractivity contribution >= 4 is 11.6 Å². The van der Waals surface area contributed by atoms with Crippen LogP contribution in [-0.4, -0.2) is 37.7 Å². The van der Waals surface area contributed by atoms with E-state index in [2.05, 4.69) is 23.3 Å². The van der Waals surface area contributed by atoms with E-state index in [0.717, 1.165) is 30.4 Å². The molecule has 1 aromatic carbocycles. The molecular weight excluding hydrogens is 248 g/mol. The molecule has 3 rings (SSSR count). The minimum Gasteiger partial charge on any atom is -0.486 e. The predicted octanol–water partition coefficient (Wildman–Crippen LogP) is 2.46. The van der Waals surface area contributed by atoms with E-state index >= 15 is 0 Å². The highest BCUT2D eigenvalue weighted by atomic mass is 35.5. The van der Waals surface area contributed by atoms with Gasteiger partial charge in [-0.1, -0.05) is 17.7 Å². The summed E-state index contributed by atoms with van der Waals surface area (Å²) < 4.78 is 5.88. The van der Waals surface area contributed by atoms with Crippen molar-refractivity contribution < 1.29 is 4.74 Å². The van der Waals surface area contributed by atoms with E-state index in [4.69, 9.17) is 16.3 Å². The molecular formula is C14H19ClN2O. The van der Waals surface area contributed by atoms with Gasteiger partial charge in [-0.2, -0.15) is 0 Å². The number of halogens is 1. The van der Waals surface area contributed by atoms with Crippen LogP contribution >= 0.6 is 11.6 Å². The number of likely N-dealkylation sites (tertiary alicyclic amines) is 1. The van der Waals surface area contributed by atoms with Crippen molar-refractivity contribution in [3.63, 3.8) is 0 Å². The minimum atomic E-state index is 0.294. The number of nitrogens with zero attached hydrogens (tertiary/aromatic N) is 1. The normalized spacial score (nSPS) is 25.1. The van der Waals surface area contributed by atoms with Crippen LogP contribution in [0, 0.1) is 0 Å². The van der Waals surface area contributed by atoms with Crippen molar-refractivity contribution in [2.45, 2.75) is 25.0 Å². The van der Waals surface area contributed by atoms with Gasteiger partial charge in [-0.05, 0) is 44.1 Å². The Balaban J connectivity index is 1.68. The molecule has 2 fully saturated rings. The van der Waals surface area contributed by atoms with Crippen LogP contribution in [0.15, 0.2) is 18.2 Å². The second-order valence-corrected chi connectivity index (χ2v) is 5.71. The van der Waals surface area contributed by atoms with Crippen LogP contribution in [-0.2, 0) is 0 Å². The third-order valence-electron chi connectivity index (χ3n) is 3.74. The zero-order valence-electron chi connectivity index (χ0n) is 10.7. The molecule has 0 aromatic heterocycles. The van der Waals surface area contributed by atoms with Crippen molar-refractivity contribution in [3.8, 4) is 5.75 Å². The van der Waals surface area contributed by atoms with Gasteiger partial charge in [0.15, 0.2) is 0 Å². The fraction of sp³-hybridized carbons (Fsp3) is 0.571. The quantitative estimate of drug-likeness (QED) is 0.910. The van der Waals surface area contributed by atoms with Gasteiger partial charge in [-0.25, -0.2) is 0 Å². The summed E-state index contributed by atoms with van der Waals surface area (Å²) in [6.45, 7) is 3.08. The lowest BCUT2D eigenvalue weighted by molar-refractivity contribution is 0.0389. The SMILES string of the molecule is CN1CC(Oc2ccc(C3CCCN3)cc2Cl)C1. The molecule has 0 radical (unpaired) electrons. The van der Waals surface area contributed by atoms with Crippen molar-refractivity contribution in [2.24, 2.45) is 0 Å². The van der Waals surface area contributed by atoms with Crippen LogP contribution in [0.5, 0.6) is 5.75 Å². The summed E-state index contributed by atoms with van der Waals surface area (Å²) in [5, 5.41) is 4.21. The number of nitrogens with one attached hydrogen (secondary N) is 1. The van der Waals surface area contributed by atoms with Gasteiger partial charge in [0.2, 0.25) is 0 Å². The van der Waals surface area contributed by atoms with Crippen LogP contribution in [0.3, 0.4) is 0 Å². The standard InChI is InChI=1S/C14H19ClN2O/c1-17-8-11(9-17)18-14-5-4-10(7-12(14)15)13-3-2-6-16-13/h4-5,7,11,13,16H,2-3,6,8-9H2,1H3. The van der Waals surface area contributed by atoms with E-state index in [1.54, 1.807) is 0 Å². The van der Waals surface area contributed by atoms with Gasteiger partial charge in [-0.3, -0.25) is 4.90 Å². The molecule has 2 saturated heterocycles. The summed E-state index contributed by atoms with van der Waals surface area (Å²) in [6, 6.07) is 6.65. The molecule has 2 aliphatic heterocycles. The zero-order valence-corrected chi connectivity index (χ0v) is 11.4. The van der Waals surface area contributed by atoms with Crippen molar-refractivity contribution in [2.75, 3.05) is 26.7 Å². The third-order valence-corrected chi connectivity index (χ3v) is 4.04. The van der Waals surface area contributed by atoms with Crippen molar-refractivity contribution in [3.05, 3.63) is 28.8 Å². The molecule has 4 heteroatoms. The summed E-state index contributed by atoms with van der Waals surface area (Å²) in [7, 11) is 2.09. The van der Waals surface area contributed by atoms with Gasteiger partial charge in [-0.15, -0.1) is 0 Å². The van der Waals surface area contributed by atoms with E-state index in [0.29, 0.717) is 12.1 Å². The molecule has 1 atom stereocenters. The summed E-state index contributed by atoms with van der Waals surface area (Å²) in [5.74, 6) is 0.816. The number of hydrogen-bond donors (Lipinski definition) is 1. The molecule has 98 valence electrons. The zero-order chi connectivity index (χ0) is 12.5. The van der Waals surface area contributed by atoms with Crippen LogP contribution in [0.2, 0.25) is 5.02 Å². The average molecular weight is 267 g/mol. The Morgan fingerprint density at radius 1 is 1.39 bits per heavy atom. The molecule has 0 bridgehead atoms. The van der Waals surface area contributed by atoms with E-state index in [9.17, 15) is 0 Å². The van der Waals surface area contributed by atoms with E-state index in [-0.39, 0.29) is 0 Å². The molecule has 2 aliphatic rings. The smallest absolute Gasteiger partial charge is 0.138 e. The van der Waals surface area contributed by atoms with E-state index in [1.165, 1.54) is 18.4 Å². The average Bonchev–Trinajstić information content (AvgIpc) is 2.83. The van der Waals surface area contributed by atoms with Gasteiger partial charge in [0.25, 0.3) is 0 Å². The maximum Gasteiger partial charge on any atom is 0.138 e. The molecule has 3 nitrogen and oxygen atoms in total. The topological polar surface area (TPSA) is 24.5 Å². The minimum absolute atomic E-state index is 0.294. The Hall–Kier alpha value is -0.770. The lowest BCUT2D eigenvalue weighted by atomic mass is 10.1. The highest BCUT2D eigenvalue weighted by Crippen LogP contribution is 2.32. The number of rotatable bonds is 3. The number of ether oxygens (including phenoxy) is 1. The summed E-state index contributed by atoms with van der Waals surface area (Å²) in [5.41, 5.74) is 1.27. The lowest BCUT2D eigenvalue weighted by Crippen LogP contribution is -2.51. The Labute approximate surface area is 113 Å². The van der Waals surface area contributed by atoms with Gasteiger partial charge in [0.05, 0.1) is 5.02 Å². The largest absolute Gasteiger partial charge is 0.486 e. The highest BCUT2D eigenvalue weighted by molar-refractivity contribution is 6.32. The summed E-state index contributed by atoms with van der Waals surface area (Å²) in [6.07, 6.45) is 2.74. The highest BCUT2D eigenvalue weighted by Gasteiger charge is 2.26. The van der Waals surface area contributed by atoms with E-state index in [1.807, 2.05) is 12.1 Å². The monoisotopic (exact) mass is 266 g/mol. The first kappa shape index (κ1) is 12.3. The second-order valence-electron chi connectivity index (χ2n) is 5.30. The Bertz CT molecular complexity index is 426. The van der Waals surface area contributed by atoms with Gasteiger partial charge >= 0.3 is 0 Å². The van der Waals surface area contributed by atoms with Crippen LogP contribution in [0.1, 0.15) is 24.4 Å². The molecule has 1 unspecified atom stereocenters.